The number of carbonyl (C=O) groups is 1. The van der Waals surface area contributed by atoms with Crippen LogP contribution in [-0.4, -0.2) is 55.2 Å². The quantitative estimate of drug-likeness (QED) is 0.828. The van der Waals surface area contributed by atoms with Gasteiger partial charge in [0.15, 0.2) is 11.5 Å². The summed E-state index contributed by atoms with van der Waals surface area (Å²) in [7, 11) is 0. The lowest BCUT2D eigenvalue weighted by molar-refractivity contribution is 0.0244. The van der Waals surface area contributed by atoms with Crippen molar-refractivity contribution in [1.29, 1.82) is 0 Å². The number of amides is 1. The Balaban J connectivity index is 1.54. The first-order valence-electron chi connectivity index (χ1n) is 8.87. The second-order valence-corrected chi connectivity index (χ2v) is 7.32. The molecule has 2 aromatic heterocycles. The van der Waals surface area contributed by atoms with Crippen molar-refractivity contribution in [3.8, 4) is 0 Å². The molecular formula is C17H25N7O2. The number of carbonyl (C=O) groups excluding carboxylic acids is 1. The van der Waals surface area contributed by atoms with Gasteiger partial charge in [0.05, 0.1) is 0 Å². The normalized spacial score (nSPS) is 16.1. The van der Waals surface area contributed by atoms with Gasteiger partial charge in [-0.05, 0) is 58.6 Å². The van der Waals surface area contributed by atoms with Gasteiger partial charge in [-0.3, -0.25) is 5.43 Å². The summed E-state index contributed by atoms with van der Waals surface area (Å²) in [5.41, 5.74) is 4.32. The standard InChI is InChI=1S/C17H25N7O2/c1-17(2,3)26-16(25)23-10-4-6-13(7-5-11-23)19-20-14-8-9-15-21-18-12-24(15)22-14/h8-9,12H,4-7,10-11H2,1-3H3,(H,20,22). The highest BCUT2D eigenvalue weighted by Crippen LogP contribution is 2.15. The molecule has 0 spiro atoms. The van der Waals surface area contributed by atoms with Crippen LogP contribution in [0.25, 0.3) is 5.65 Å². The molecule has 0 bridgehead atoms. The lowest BCUT2D eigenvalue weighted by Gasteiger charge is -2.28. The van der Waals surface area contributed by atoms with Crippen LogP contribution < -0.4 is 5.43 Å². The number of likely N-dealkylation sites (tertiary alicyclic amines) is 1. The maximum Gasteiger partial charge on any atom is 0.410 e. The van der Waals surface area contributed by atoms with Gasteiger partial charge < -0.3 is 9.64 Å². The molecule has 3 heterocycles. The molecule has 0 saturated carbocycles. The average molecular weight is 359 g/mol. The molecule has 9 nitrogen and oxygen atoms in total. The van der Waals surface area contributed by atoms with Gasteiger partial charge in [0.1, 0.15) is 11.9 Å². The predicted molar refractivity (Wildman–Crippen MR) is 98.1 cm³/mol. The highest BCUT2D eigenvalue weighted by atomic mass is 16.6. The molecule has 0 atom stereocenters. The minimum absolute atomic E-state index is 0.234. The summed E-state index contributed by atoms with van der Waals surface area (Å²) in [6.07, 6.45) is 4.70. The molecule has 1 aliphatic heterocycles. The number of ether oxygens (including phenoxy) is 1. The van der Waals surface area contributed by atoms with Crippen molar-refractivity contribution in [1.82, 2.24) is 24.7 Å². The largest absolute Gasteiger partial charge is 0.444 e. The first kappa shape index (κ1) is 18.1. The topological polar surface area (TPSA) is 97.0 Å². The zero-order chi connectivity index (χ0) is 18.6. The summed E-state index contributed by atoms with van der Waals surface area (Å²) in [5, 5.41) is 16.5. The number of fused-ring (bicyclic) bond motifs is 1. The summed E-state index contributed by atoms with van der Waals surface area (Å²) >= 11 is 0. The molecule has 140 valence electrons. The minimum atomic E-state index is -0.463. The Hall–Kier alpha value is -2.71. The van der Waals surface area contributed by atoms with Crippen LogP contribution in [0.5, 0.6) is 0 Å². The number of anilines is 1. The lowest BCUT2D eigenvalue weighted by Crippen LogP contribution is -2.39. The van der Waals surface area contributed by atoms with Gasteiger partial charge in [0.2, 0.25) is 0 Å². The van der Waals surface area contributed by atoms with Gasteiger partial charge in [0.25, 0.3) is 0 Å². The molecule has 0 aromatic carbocycles. The third-order valence-corrected chi connectivity index (χ3v) is 3.93. The number of rotatable bonds is 2. The summed E-state index contributed by atoms with van der Waals surface area (Å²) in [6, 6.07) is 3.65. The third-order valence-electron chi connectivity index (χ3n) is 3.93. The minimum Gasteiger partial charge on any atom is -0.444 e. The van der Waals surface area contributed by atoms with Crippen molar-refractivity contribution < 1.29 is 9.53 Å². The summed E-state index contributed by atoms with van der Waals surface area (Å²) < 4.78 is 7.05. The molecular weight excluding hydrogens is 334 g/mol. The molecule has 1 amide bonds. The maximum absolute atomic E-state index is 12.2. The van der Waals surface area contributed by atoms with E-state index >= 15 is 0 Å². The number of hydrazone groups is 1. The Morgan fingerprint density at radius 2 is 1.96 bits per heavy atom. The molecule has 0 aliphatic carbocycles. The molecule has 9 heteroatoms. The first-order valence-corrected chi connectivity index (χ1v) is 8.87. The van der Waals surface area contributed by atoms with Gasteiger partial charge >= 0.3 is 6.09 Å². The van der Waals surface area contributed by atoms with E-state index in [9.17, 15) is 4.79 Å². The van der Waals surface area contributed by atoms with Crippen LogP contribution in [0.2, 0.25) is 0 Å². The van der Waals surface area contributed by atoms with E-state index in [2.05, 4.69) is 25.8 Å². The van der Waals surface area contributed by atoms with Crippen molar-refractivity contribution >= 4 is 23.3 Å². The van der Waals surface area contributed by atoms with Crippen LogP contribution >= 0.6 is 0 Å². The summed E-state index contributed by atoms with van der Waals surface area (Å²) in [5.74, 6) is 0.641. The van der Waals surface area contributed by atoms with Crippen LogP contribution in [-0.2, 0) is 4.74 Å². The van der Waals surface area contributed by atoms with Gasteiger partial charge in [-0.15, -0.1) is 15.3 Å². The van der Waals surface area contributed by atoms with Crippen LogP contribution in [0.15, 0.2) is 23.6 Å². The smallest absolute Gasteiger partial charge is 0.410 e. The SMILES string of the molecule is CC(C)(C)OC(=O)N1CCCC(=NNc2ccc3nncn3n2)CCC1. The molecule has 0 unspecified atom stereocenters. The Morgan fingerprint density at radius 1 is 1.23 bits per heavy atom. The molecule has 1 aliphatic rings. The van der Waals surface area contributed by atoms with E-state index in [1.807, 2.05) is 32.9 Å². The fraction of sp³-hybridized carbons (Fsp3) is 0.588. The number of nitrogens with one attached hydrogen (secondary N) is 1. The van der Waals surface area contributed by atoms with E-state index in [1.54, 1.807) is 15.7 Å². The Bertz CT molecular complexity index is 782. The van der Waals surface area contributed by atoms with Crippen molar-refractivity contribution in [3.05, 3.63) is 18.5 Å². The average Bonchev–Trinajstić information content (AvgIpc) is 2.99. The lowest BCUT2D eigenvalue weighted by atomic mass is 10.1. The Morgan fingerprint density at radius 3 is 2.65 bits per heavy atom. The maximum atomic E-state index is 12.2. The molecule has 1 N–H and O–H groups in total. The number of aromatic nitrogens is 4. The van der Waals surface area contributed by atoms with E-state index in [1.165, 1.54) is 0 Å². The molecule has 1 fully saturated rings. The summed E-state index contributed by atoms with van der Waals surface area (Å²) in [4.78, 5) is 14.0. The zero-order valence-electron chi connectivity index (χ0n) is 15.5. The van der Waals surface area contributed by atoms with Gasteiger partial charge in [0, 0.05) is 18.8 Å². The van der Waals surface area contributed by atoms with Crippen LogP contribution in [0.1, 0.15) is 46.5 Å². The van der Waals surface area contributed by atoms with Crippen LogP contribution in [0, 0.1) is 0 Å². The van der Waals surface area contributed by atoms with Crippen molar-refractivity contribution in [2.75, 3.05) is 18.5 Å². The van der Waals surface area contributed by atoms with E-state index < -0.39 is 5.60 Å². The van der Waals surface area contributed by atoms with Gasteiger partial charge in [-0.1, -0.05) is 0 Å². The van der Waals surface area contributed by atoms with Gasteiger partial charge in [-0.2, -0.15) is 9.62 Å². The van der Waals surface area contributed by atoms with Crippen molar-refractivity contribution in [2.45, 2.75) is 52.1 Å². The van der Waals surface area contributed by atoms with E-state index in [0.29, 0.717) is 24.6 Å². The van der Waals surface area contributed by atoms with E-state index in [-0.39, 0.29) is 6.09 Å². The highest BCUT2D eigenvalue weighted by Gasteiger charge is 2.23. The Labute approximate surface area is 152 Å². The second-order valence-electron chi connectivity index (χ2n) is 7.32. The van der Waals surface area contributed by atoms with Crippen LogP contribution in [0.3, 0.4) is 0 Å². The monoisotopic (exact) mass is 359 g/mol. The second kappa shape index (κ2) is 7.67. The summed E-state index contributed by atoms with van der Waals surface area (Å²) in [6.45, 7) is 7.02. The Kier molecular flexibility index (Phi) is 5.34. The van der Waals surface area contributed by atoms with Gasteiger partial charge in [-0.25, -0.2) is 4.79 Å². The van der Waals surface area contributed by atoms with E-state index in [0.717, 1.165) is 31.4 Å². The number of hydrogen-bond donors (Lipinski definition) is 1. The molecule has 3 rings (SSSR count). The fourth-order valence-electron chi connectivity index (χ4n) is 2.73. The van der Waals surface area contributed by atoms with Crippen molar-refractivity contribution in [2.24, 2.45) is 5.10 Å². The highest BCUT2D eigenvalue weighted by molar-refractivity contribution is 5.85. The zero-order valence-corrected chi connectivity index (χ0v) is 15.5. The fourth-order valence-corrected chi connectivity index (χ4v) is 2.73. The molecule has 0 radical (unpaired) electrons. The van der Waals surface area contributed by atoms with E-state index in [4.69, 9.17) is 4.74 Å². The van der Waals surface area contributed by atoms with Crippen molar-refractivity contribution in [3.63, 3.8) is 0 Å². The third kappa shape index (κ3) is 4.90. The molecule has 2 aromatic rings. The number of hydrogen-bond acceptors (Lipinski definition) is 7. The predicted octanol–water partition coefficient (Wildman–Crippen LogP) is 2.70. The molecule has 26 heavy (non-hydrogen) atoms. The number of nitrogens with zero attached hydrogens (tertiary/aromatic N) is 6. The first-order chi connectivity index (χ1) is 12.4. The van der Waals surface area contributed by atoms with Crippen LogP contribution in [0.4, 0.5) is 10.6 Å². The molecule has 1 saturated heterocycles.